The summed E-state index contributed by atoms with van der Waals surface area (Å²) in [7, 11) is 0. The molecular formula is C12H12FN. The van der Waals surface area contributed by atoms with Crippen LogP contribution in [0.5, 0.6) is 0 Å². The Hall–Kier alpha value is -1.57. The molecule has 14 heavy (non-hydrogen) atoms. The Morgan fingerprint density at radius 1 is 1.29 bits per heavy atom. The van der Waals surface area contributed by atoms with E-state index in [1.807, 2.05) is 19.1 Å². The molecule has 0 heterocycles. The maximum absolute atomic E-state index is 13.5. The molecule has 0 atom stereocenters. The number of rotatable bonds is 1. The summed E-state index contributed by atoms with van der Waals surface area (Å²) in [6, 6.07) is 4.83. The normalized spacial score (nSPS) is 15.3. The predicted octanol–water partition coefficient (Wildman–Crippen LogP) is 3.14. The van der Waals surface area contributed by atoms with Gasteiger partial charge in [0.15, 0.2) is 0 Å². The van der Waals surface area contributed by atoms with Crippen molar-refractivity contribution in [2.24, 2.45) is 0 Å². The molecule has 0 spiro atoms. The van der Waals surface area contributed by atoms with Crippen LogP contribution in [-0.2, 0) is 0 Å². The molecule has 2 N–H and O–H groups in total. The van der Waals surface area contributed by atoms with Gasteiger partial charge in [0.1, 0.15) is 5.82 Å². The third-order valence-electron chi connectivity index (χ3n) is 2.38. The van der Waals surface area contributed by atoms with Gasteiger partial charge in [-0.25, -0.2) is 4.39 Å². The summed E-state index contributed by atoms with van der Waals surface area (Å²) in [5.74, 6) is -0.237. The minimum atomic E-state index is -0.237. The second-order valence-electron chi connectivity index (χ2n) is 3.62. The lowest BCUT2D eigenvalue weighted by atomic mass is 10.0. The molecule has 1 aliphatic carbocycles. The highest BCUT2D eigenvalue weighted by Gasteiger charge is 2.11. The van der Waals surface area contributed by atoms with Gasteiger partial charge in [0.25, 0.3) is 0 Å². The quantitative estimate of drug-likeness (QED) is 0.675. The van der Waals surface area contributed by atoms with E-state index >= 15 is 0 Å². The number of nitrogens with two attached hydrogens (primary N) is 1. The zero-order valence-corrected chi connectivity index (χ0v) is 8.05. The van der Waals surface area contributed by atoms with Crippen LogP contribution in [0, 0.1) is 5.82 Å². The molecule has 0 fully saturated rings. The van der Waals surface area contributed by atoms with E-state index in [-0.39, 0.29) is 5.82 Å². The van der Waals surface area contributed by atoms with Gasteiger partial charge in [0.05, 0.1) is 0 Å². The first-order valence-electron chi connectivity index (χ1n) is 4.58. The van der Waals surface area contributed by atoms with Gasteiger partial charge in [0.2, 0.25) is 0 Å². The van der Waals surface area contributed by atoms with Crippen molar-refractivity contribution in [3.8, 4) is 0 Å². The molecule has 0 amide bonds. The highest BCUT2D eigenvalue weighted by atomic mass is 19.1. The molecule has 0 saturated heterocycles. The maximum Gasteiger partial charge on any atom is 0.132 e. The van der Waals surface area contributed by atoms with Gasteiger partial charge in [0, 0.05) is 11.3 Å². The van der Waals surface area contributed by atoms with Gasteiger partial charge < -0.3 is 5.73 Å². The largest absolute Gasteiger partial charge is 0.399 e. The smallest absolute Gasteiger partial charge is 0.132 e. The molecule has 0 radical (unpaired) electrons. The number of hydrogen-bond donors (Lipinski definition) is 1. The van der Waals surface area contributed by atoms with Crippen LogP contribution in [0.15, 0.2) is 35.9 Å². The maximum atomic E-state index is 13.5. The van der Waals surface area contributed by atoms with Crippen molar-refractivity contribution in [1.82, 2.24) is 0 Å². The molecule has 0 bridgehead atoms. The highest BCUT2D eigenvalue weighted by molar-refractivity contribution is 5.73. The van der Waals surface area contributed by atoms with Crippen LogP contribution in [0.3, 0.4) is 0 Å². The number of allylic oxidation sites excluding steroid dienone is 4. The monoisotopic (exact) mass is 189 g/mol. The van der Waals surface area contributed by atoms with E-state index < -0.39 is 0 Å². The zero-order valence-electron chi connectivity index (χ0n) is 8.05. The summed E-state index contributed by atoms with van der Waals surface area (Å²) in [6.07, 6.45) is 4.82. The molecule has 72 valence electrons. The first kappa shape index (κ1) is 9.00. The zero-order chi connectivity index (χ0) is 10.1. The van der Waals surface area contributed by atoms with Crippen LogP contribution >= 0.6 is 0 Å². The van der Waals surface area contributed by atoms with E-state index in [0.29, 0.717) is 11.3 Å². The Morgan fingerprint density at radius 3 is 2.64 bits per heavy atom. The van der Waals surface area contributed by atoms with E-state index in [1.165, 1.54) is 11.6 Å². The topological polar surface area (TPSA) is 26.0 Å². The van der Waals surface area contributed by atoms with E-state index in [0.717, 1.165) is 12.0 Å². The molecule has 1 aliphatic rings. The van der Waals surface area contributed by atoms with E-state index in [2.05, 4.69) is 0 Å². The van der Waals surface area contributed by atoms with Crippen LogP contribution in [0.4, 0.5) is 10.1 Å². The summed E-state index contributed by atoms with van der Waals surface area (Å²) < 4.78 is 13.5. The van der Waals surface area contributed by atoms with Crippen molar-refractivity contribution < 1.29 is 4.39 Å². The van der Waals surface area contributed by atoms with Crippen LogP contribution in [0.2, 0.25) is 0 Å². The van der Waals surface area contributed by atoms with E-state index in [4.69, 9.17) is 5.73 Å². The van der Waals surface area contributed by atoms with Crippen molar-refractivity contribution in [2.75, 3.05) is 5.73 Å². The minimum absolute atomic E-state index is 0.237. The molecule has 0 aromatic heterocycles. The summed E-state index contributed by atoms with van der Waals surface area (Å²) in [4.78, 5) is 0. The van der Waals surface area contributed by atoms with Crippen molar-refractivity contribution in [1.29, 1.82) is 0 Å². The molecule has 2 rings (SSSR count). The number of benzene rings is 1. The molecule has 1 aromatic carbocycles. The lowest BCUT2D eigenvalue weighted by Gasteiger charge is -2.05. The standard InChI is InChI=1S/C12H12FN/c1-8-2-3-9(6-8)11-5-4-10(14)7-12(11)13/h2-5,7H,6,14H2,1H3. The minimum Gasteiger partial charge on any atom is -0.399 e. The number of hydrogen-bond acceptors (Lipinski definition) is 1. The van der Waals surface area contributed by atoms with Gasteiger partial charge in [-0.1, -0.05) is 17.7 Å². The summed E-state index contributed by atoms with van der Waals surface area (Å²) >= 11 is 0. The average molecular weight is 189 g/mol. The van der Waals surface area contributed by atoms with Gasteiger partial charge in [-0.05, 0) is 37.1 Å². The first-order valence-corrected chi connectivity index (χ1v) is 4.58. The van der Waals surface area contributed by atoms with Crippen molar-refractivity contribution in [3.63, 3.8) is 0 Å². The van der Waals surface area contributed by atoms with Gasteiger partial charge in [-0.3, -0.25) is 0 Å². The third kappa shape index (κ3) is 1.55. The fraction of sp³-hybridized carbons (Fsp3) is 0.167. The van der Waals surface area contributed by atoms with Gasteiger partial charge in [-0.2, -0.15) is 0 Å². The van der Waals surface area contributed by atoms with Crippen molar-refractivity contribution in [2.45, 2.75) is 13.3 Å². The number of halogens is 1. The lowest BCUT2D eigenvalue weighted by molar-refractivity contribution is 0.624. The SMILES string of the molecule is CC1=CC=C(c2ccc(N)cc2F)C1. The molecule has 0 unspecified atom stereocenters. The Kier molecular flexibility index (Phi) is 2.12. The van der Waals surface area contributed by atoms with Crippen LogP contribution in [0.25, 0.3) is 5.57 Å². The van der Waals surface area contributed by atoms with Crippen LogP contribution < -0.4 is 5.73 Å². The molecule has 2 heteroatoms. The number of nitrogen functional groups attached to an aromatic ring is 1. The fourth-order valence-corrected chi connectivity index (χ4v) is 1.64. The second-order valence-corrected chi connectivity index (χ2v) is 3.62. The Labute approximate surface area is 82.7 Å². The van der Waals surface area contributed by atoms with Crippen molar-refractivity contribution in [3.05, 3.63) is 47.3 Å². The van der Waals surface area contributed by atoms with Crippen LogP contribution in [0.1, 0.15) is 18.9 Å². The van der Waals surface area contributed by atoms with Gasteiger partial charge in [-0.15, -0.1) is 0 Å². The van der Waals surface area contributed by atoms with Crippen LogP contribution in [-0.4, -0.2) is 0 Å². The highest BCUT2D eigenvalue weighted by Crippen LogP contribution is 2.29. The number of anilines is 1. The molecular weight excluding hydrogens is 177 g/mol. The van der Waals surface area contributed by atoms with Crippen molar-refractivity contribution >= 4 is 11.3 Å². The Morgan fingerprint density at radius 2 is 2.07 bits per heavy atom. The predicted molar refractivity (Wildman–Crippen MR) is 57.2 cm³/mol. The first-order chi connectivity index (χ1) is 6.66. The second kappa shape index (κ2) is 3.29. The summed E-state index contributed by atoms with van der Waals surface area (Å²) in [6.45, 7) is 2.04. The summed E-state index contributed by atoms with van der Waals surface area (Å²) in [5, 5.41) is 0. The third-order valence-corrected chi connectivity index (χ3v) is 2.38. The molecule has 1 aromatic rings. The fourth-order valence-electron chi connectivity index (χ4n) is 1.64. The molecule has 1 nitrogen and oxygen atoms in total. The molecule has 0 aliphatic heterocycles. The Balaban J connectivity index is 2.35. The average Bonchev–Trinajstić information content (AvgIpc) is 2.51. The van der Waals surface area contributed by atoms with Gasteiger partial charge >= 0.3 is 0 Å². The van der Waals surface area contributed by atoms with E-state index in [9.17, 15) is 4.39 Å². The summed E-state index contributed by atoms with van der Waals surface area (Å²) in [5.41, 5.74) is 8.90. The van der Waals surface area contributed by atoms with E-state index in [1.54, 1.807) is 12.1 Å². The Bertz CT molecular complexity index is 430. The molecule has 0 saturated carbocycles. The lowest BCUT2D eigenvalue weighted by Crippen LogP contribution is -1.92.